The molecule has 1 heterocycles. The van der Waals surface area contributed by atoms with Crippen molar-refractivity contribution in [3.63, 3.8) is 0 Å². The Morgan fingerprint density at radius 2 is 1.57 bits per heavy atom. The molecule has 0 spiro atoms. The van der Waals surface area contributed by atoms with E-state index in [9.17, 15) is 0 Å². The SMILES string of the molecule is C/C=c1\c(=C/C)oc2cc3c(cc12)C=CC(C)C=C3.CC. The summed E-state index contributed by atoms with van der Waals surface area (Å²) in [5.41, 5.74) is 4.42. The number of rotatable bonds is 0. The highest BCUT2D eigenvalue weighted by atomic mass is 16.3. The summed E-state index contributed by atoms with van der Waals surface area (Å²) in [6, 6.07) is 4.37. The largest absolute Gasteiger partial charge is 0.456 e. The maximum Gasteiger partial charge on any atom is 0.136 e. The predicted molar refractivity (Wildman–Crippen MR) is 94.3 cm³/mol. The topological polar surface area (TPSA) is 13.1 Å². The second kappa shape index (κ2) is 6.62. The molecule has 21 heavy (non-hydrogen) atoms. The van der Waals surface area contributed by atoms with Gasteiger partial charge in [0.25, 0.3) is 0 Å². The van der Waals surface area contributed by atoms with Gasteiger partial charge in [0.15, 0.2) is 0 Å². The highest BCUT2D eigenvalue weighted by Gasteiger charge is 2.08. The molecule has 1 unspecified atom stereocenters. The van der Waals surface area contributed by atoms with Gasteiger partial charge in [0.1, 0.15) is 11.0 Å². The van der Waals surface area contributed by atoms with Crippen molar-refractivity contribution >= 4 is 35.3 Å². The Hall–Kier alpha value is -2.02. The zero-order valence-corrected chi connectivity index (χ0v) is 13.6. The van der Waals surface area contributed by atoms with Gasteiger partial charge in [-0.15, -0.1) is 0 Å². The van der Waals surface area contributed by atoms with Crippen molar-refractivity contribution in [2.45, 2.75) is 34.6 Å². The van der Waals surface area contributed by atoms with Crippen LogP contribution in [0.2, 0.25) is 0 Å². The van der Waals surface area contributed by atoms with Crippen LogP contribution in [0.4, 0.5) is 0 Å². The Morgan fingerprint density at radius 3 is 2.14 bits per heavy atom. The van der Waals surface area contributed by atoms with Crippen molar-refractivity contribution in [1.82, 2.24) is 0 Å². The lowest BCUT2D eigenvalue weighted by Gasteiger charge is -1.99. The summed E-state index contributed by atoms with van der Waals surface area (Å²) >= 11 is 0. The first-order valence-electron chi connectivity index (χ1n) is 7.78. The van der Waals surface area contributed by atoms with E-state index in [1.54, 1.807) is 0 Å². The van der Waals surface area contributed by atoms with Gasteiger partial charge in [-0.25, -0.2) is 0 Å². The molecular formula is C20H24O. The summed E-state index contributed by atoms with van der Waals surface area (Å²) in [5, 5.41) is 2.39. The zero-order chi connectivity index (χ0) is 15.4. The lowest BCUT2D eigenvalue weighted by Crippen LogP contribution is -2.18. The van der Waals surface area contributed by atoms with E-state index in [1.165, 1.54) is 21.7 Å². The zero-order valence-electron chi connectivity index (χ0n) is 13.6. The number of furan rings is 1. The second-order valence-electron chi connectivity index (χ2n) is 5.01. The molecular weight excluding hydrogens is 256 g/mol. The third kappa shape index (κ3) is 2.87. The van der Waals surface area contributed by atoms with Crippen LogP contribution in [0, 0.1) is 5.92 Å². The van der Waals surface area contributed by atoms with Crippen LogP contribution < -0.4 is 10.6 Å². The van der Waals surface area contributed by atoms with E-state index < -0.39 is 0 Å². The van der Waals surface area contributed by atoms with Crippen molar-refractivity contribution in [3.8, 4) is 0 Å². The van der Waals surface area contributed by atoms with E-state index in [2.05, 4.69) is 56.4 Å². The molecule has 1 aliphatic rings. The number of hydrogen-bond donors (Lipinski definition) is 0. The molecule has 1 nitrogen and oxygen atoms in total. The Labute approximate surface area is 127 Å². The normalized spacial score (nSPS) is 18.4. The molecule has 0 radical (unpaired) electrons. The number of hydrogen-bond acceptors (Lipinski definition) is 1. The molecule has 2 aromatic rings. The van der Waals surface area contributed by atoms with Gasteiger partial charge in [-0.2, -0.15) is 0 Å². The van der Waals surface area contributed by atoms with Gasteiger partial charge in [0, 0.05) is 10.6 Å². The molecule has 1 aromatic heterocycles. The van der Waals surface area contributed by atoms with Gasteiger partial charge in [-0.3, -0.25) is 0 Å². The van der Waals surface area contributed by atoms with Crippen LogP contribution in [0.5, 0.6) is 0 Å². The third-order valence-electron chi connectivity index (χ3n) is 3.67. The fourth-order valence-electron chi connectivity index (χ4n) is 2.59. The standard InChI is InChI=1S/C18H18O.C2H6/c1-4-15-16-10-13-8-6-12(3)7-9-14(13)11-18(16)19-17(15)5-2;1-2/h4-12H,1-3H3;1-2H3/b15-4-,17-5+;. The first-order valence-corrected chi connectivity index (χ1v) is 7.78. The van der Waals surface area contributed by atoms with Gasteiger partial charge >= 0.3 is 0 Å². The van der Waals surface area contributed by atoms with E-state index in [-0.39, 0.29) is 0 Å². The van der Waals surface area contributed by atoms with Gasteiger partial charge in [-0.1, -0.05) is 51.2 Å². The summed E-state index contributed by atoms with van der Waals surface area (Å²) in [6.45, 7) is 10.3. The number of benzene rings is 1. The molecule has 0 aliphatic heterocycles. The summed E-state index contributed by atoms with van der Waals surface area (Å²) in [4.78, 5) is 0. The van der Waals surface area contributed by atoms with Gasteiger partial charge in [0.2, 0.25) is 0 Å². The minimum absolute atomic E-state index is 0.482. The molecule has 1 heteroatoms. The highest BCUT2D eigenvalue weighted by Crippen LogP contribution is 2.23. The van der Waals surface area contributed by atoms with Crippen molar-refractivity contribution in [2.75, 3.05) is 0 Å². The van der Waals surface area contributed by atoms with Crippen molar-refractivity contribution in [3.05, 3.63) is 46.0 Å². The fourth-order valence-corrected chi connectivity index (χ4v) is 2.59. The van der Waals surface area contributed by atoms with Gasteiger partial charge < -0.3 is 4.42 Å². The molecule has 1 aliphatic carbocycles. The molecule has 0 N–H and O–H groups in total. The average Bonchev–Trinajstić information content (AvgIpc) is 2.77. The van der Waals surface area contributed by atoms with Crippen LogP contribution >= 0.6 is 0 Å². The Morgan fingerprint density at radius 1 is 0.952 bits per heavy atom. The molecule has 3 rings (SSSR count). The van der Waals surface area contributed by atoms with Crippen LogP contribution in [-0.2, 0) is 0 Å². The number of fused-ring (bicyclic) bond motifs is 2. The number of allylic oxidation sites excluding steroid dienone is 2. The van der Waals surface area contributed by atoms with Crippen molar-refractivity contribution < 1.29 is 4.42 Å². The van der Waals surface area contributed by atoms with E-state index >= 15 is 0 Å². The quantitative estimate of drug-likeness (QED) is 0.679. The molecule has 0 fully saturated rings. The van der Waals surface area contributed by atoms with Crippen LogP contribution in [0.25, 0.3) is 35.3 Å². The maximum atomic E-state index is 5.93. The van der Waals surface area contributed by atoms with E-state index in [0.717, 1.165) is 11.0 Å². The lowest BCUT2D eigenvalue weighted by atomic mass is 10.0. The highest BCUT2D eigenvalue weighted by molar-refractivity contribution is 5.86. The average molecular weight is 280 g/mol. The summed E-state index contributed by atoms with van der Waals surface area (Å²) in [6.07, 6.45) is 13.0. The van der Waals surface area contributed by atoms with Crippen LogP contribution in [0.1, 0.15) is 45.7 Å². The Balaban J connectivity index is 0.000000774. The minimum atomic E-state index is 0.482. The summed E-state index contributed by atoms with van der Waals surface area (Å²) in [5.74, 6) is 0.482. The smallest absolute Gasteiger partial charge is 0.136 e. The molecule has 0 saturated carbocycles. The van der Waals surface area contributed by atoms with Crippen LogP contribution in [-0.4, -0.2) is 0 Å². The Kier molecular flexibility index (Phi) is 4.85. The molecule has 1 aromatic carbocycles. The van der Waals surface area contributed by atoms with Crippen molar-refractivity contribution in [2.24, 2.45) is 5.92 Å². The molecule has 1 atom stereocenters. The molecule has 0 saturated heterocycles. The fraction of sp³-hybridized carbons (Fsp3) is 0.300. The van der Waals surface area contributed by atoms with Gasteiger partial charge in [0.05, 0.1) is 0 Å². The van der Waals surface area contributed by atoms with E-state index in [1.807, 2.05) is 26.8 Å². The summed E-state index contributed by atoms with van der Waals surface area (Å²) < 4.78 is 5.93. The molecule has 0 amide bonds. The third-order valence-corrected chi connectivity index (χ3v) is 3.67. The first-order chi connectivity index (χ1) is 10.2. The first kappa shape index (κ1) is 15.4. The lowest BCUT2D eigenvalue weighted by molar-refractivity contribution is 0.575. The predicted octanol–water partition coefficient (Wildman–Crippen LogP) is 4.74. The van der Waals surface area contributed by atoms with E-state index in [0.29, 0.717) is 5.92 Å². The molecule has 0 bridgehead atoms. The van der Waals surface area contributed by atoms with Crippen LogP contribution in [0.15, 0.2) is 28.7 Å². The monoisotopic (exact) mass is 280 g/mol. The Bertz CT molecular complexity index is 800. The summed E-state index contributed by atoms with van der Waals surface area (Å²) in [7, 11) is 0. The van der Waals surface area contributed by atoms with E-state index in [4.69, 9.17) is 4.42 Å². The van der Waals surface area contributed by atoms with Gasteiger partial charge in [-0.05, 0) is 49.1 Å². The van der Waals surface area contributed by atoms with Crippen molar-refractivity contribution in [1.29, 1.82) is 0 Å². The molecule has 110 valence electrons. The van der Waals surface area contributed by atoms with Crippen LogP contribution in [0.3, 0.4) is 0 Å². The minimum Gasteiger partial charge on any atom is -0.456 e. The maximum absolute atomic E-state index is 5.93. The second-order valence-corrected chi connectivity index (χ2v) is 5.01.